The number of amides is 1. The third-order valence-electron chi connectivity index (χ3n) is 10.3. The number of rotatable bonds is 15. The lowest BCUT2D eigenvalue weighted by atomic mass is 9.87. The highest BCUT2D eigenvalue weighted by atomic mass is 28.3. The second-order valence-electron chi connectivity index (χ2n) is 17.3. The summed E-state index contributed by atoms with van der Waals surface area (Å²) in [5.41, 5.74) is 2.25. The zero-order valence-electron chi connectivity index (χ0n) is 36.0. The number of ether oxygens (including phenoxy) is 2. The Balaban J connectivity index is 1.70. The van der Waals surface area contributed by atoms with E-state index >= 15 is 4.79 Å². The second-order valence-corrected chi connectivity index (χ2v) is 21.4. The zero-order valence-corrected chi connectivity index (χ0v) is 38.0. The molecule has 0 fully saturated rings. The summed E-state index contributed by atoms with van der Waals surface area (Å²) in [7, 11) is 0.885. The predicted molar refractivity (Wildman–Crippen MR) is 235 cm³/mol. The molecule has 2 aromatic heterocycles. The van der Waals surface area contributed by atoms with E-state index in [1.54, 1.807) is 32.5 Å². The number of para-hydroxylation sites is 1. The van der Waals surface area contributed by atoms with Gasteiger partial charge in [-0.2, -0.15) is 0 Å². The average Bonchev–Trinajstić information content (AvgIpc) is 3.16. The minimum absolute atomic E-state index is 0.252. The quantitative estimate of drug-likeness (QED) is 0.101. The molecule has 0 saturated heterocycles. The molecule has 0 bridgehead atoms. The number of carbonyl (C=O) groups is 1. The van der Waals surface area contributed by atoms with Crippen molar-refractivity contribution in [3.05, 3.63) is 93.9 Å². The number of nitrogens with zero attached hydrogens (tertiary/aromatic N) is 3. The van der Waals surface area contributed by atoms with Crippen LogP contribution in [0, 0.1) is 10.8 Å². The van der Waals surface area contributed by atoms with E-state index in [9.17, 15) is 15.0 Å². The highest BCUT2D eigenvalue weighted by Gasteiger charge is 2.36. The molecule has 0 aliphatic rings. The van der Waals surface area contributed by atoms with Gasteiger partial charge in [-0.3, -0.25) is 14.2 Å². The van der Waals surface area contributed by atoms with Crippen molar-refractivity contribution in [1.29, 1.82) is 0 Å². The van der Waals surface area contributed by atoms with E-state index in [0.29, 0.717) is 63.6 Å². The number of benzene rings is 3. The summed E-state index contributed by atoms with van der Waals surface area (Å²) in [5.74, 6) is 1.07. The van der Waals surface area contributed by atoms with Crippen LogP contribution in [0.1, 0.15) is 63.0 Å². The van der Waals surface area contributed by atoms with Gasteiger partial charge in [0.1, 0.15) is 5.82 Å². The largest absolute Gasteiger partial charge is 0.493 e. The van der Waals surface area contributed by atoms with Crippen LogP contribution in [-0.4, -0.2) is 88.2 Å². The van der Waals surface area contributed by atoms with E-state index in [1.807, 2.05) is 47.4 Å². The first-order chi connectivity index (χ1) is 27.3. The van der Waals surface area contributed by atoms with Crippen LogP contribution in [0.25, 0.3) is 38.6 Å². The molecule has 2 atom stereocenters. The van der Waals surface area contributed by atoms with Crippen LogP contribution in [0.15, 0.2) is 71.7 Å². The number of aliphatic hydroxyl groups is 2. The normalized spacial score (nSPS) is 13.4. The van der Waals surface area contributed by atoms with Gasteiger partial charge in [0.2, 0.25) is 18.1 Å². The van der Waals surface area contributed by atoms with Gasteiger partial charge in [0.15, 0.2) is 11.5 Å². The van der Waals surface area contributed by atoms with Crippen molar-refractivity contribution in [1.82, 2.24) is 14.5 Å². The number of methoxy groups -OCH3 is 2. The lowest BCUT2D eigenvalue weighted by Crippen LogP contribution is -2.51. The van der Waals surface area contributed by atoms with Crippen LogP contribution in [0.2, 0.25) is 26.2 Å². The monoisotopic (exact) mass is 825 g/mol. The van der Waals surface area contributed by atoms with Crippen LogP contribution in [0.4, 0.5) is 0 Å². The van der Waals surface area contributed by atoms with E-state index in [0.717, 1.165) is 10.8 Å². The Kier molecular flexibility index (Phi) is 14.1. The van der Waals surface area contributed by atoms with E-state index in [2.05, 4.69) is 72.7 Å². The molecule has 2 radical (unpaired) electrons. The number of aromatic nitrogens is 2. The molecular formula is C45H59N3O8Si2. The minimum Gasteiger partial charge on any atom is -0.493 e. The Morgan fingerprint density at radius 2 is 1.38 bits per heavy atom. The molecule has 0 saturated carbocycles. The first kappa shape index (κ1) is 44.7. The first-order valence-corrected chi connectivity index (χ1v) is 24.4. The van der Waals surface area contributed by atoms with Crippen molar-refractivity contribution < 1.29 is 33.3 Å². The molecule has 1 amide bonds. The molecule has 13 heteroatoms. The van der Waals surface area contributed by atoms with Gasteiger partial charge in [-0.05, 0) is 106 Å². The summed E-state index contributed by atoms with van der Waals surface area (Å²) in [6, 6.07) is 17.9. The molecule has 2 unspecified atom stereocenters. The first-order valence-electron chi connectivity index (χ1n) is 19.6. The summed E-state index contributed by atoms with van der Waals surface area (Å²) in [4.78, 5) is 36.0. The molecule has 5 aromatic rings. The lowest BCUT2D eigenvalue weighted by Gasteiger charge is -2.40. The van der Waals surface area contributed by atoms with Gasteiger partial charge in [0.05, 0.1) is 50.7 Å². The van der Waals surface area contributed by atoms with E-state index in [4.69, 9.17) is 18.3 Å². The predicted octanol–water partition coefficient (Wildman–Crippen LogP) is 8.01. The number of carbonyl (C=O) groups excluding carboxylic acids is 1. The fourth-order valence-corrected chi connectivity index (χ4v) is 9.22. The van der Waals surface area contributed by atoms with E-state index < -0.39 is 23.6 Å². The summed E-state index contributed by atoms with van der Waals surface area (Å²) in [5, 5.41) is 23.2. The Labute approximate surface area is 346 Å². The van der Waals surface area contributed by atoms with Gasteiger partial charge in [0.25, 0.3) is 11.5 Å². The molecule has 5 rings (SSSR count). The van der Waals surface area contributed by atoms with Gasteiger partial charge in [0, 0.05) is 30.7 Å². The third-order valence-corrected chi connectivity index (χ3v) is 11.8. The molecule has 0 spiro atoms. The van der Waals surface area contributed by atoms with Gasteiger partial charge in [-0.15, -0.1) is 0 Å². The topological polar surface area (TPSA) is 133 Å². The Bertz CT molecular complexity index is 2280. The number of aliphatic hydroxyl groups excluding tert-OH is 2. The Hall–Kier alpha value is -4.38. The molecule has 3 aromatic carbocycles. The standard InChI is InChI=1S/C45H59N3O8Si2/c1-44(2,3)38(55-57(9)10)24-47(25-39(45(4,5)6)56-58(11)12)43(52)33-23-41(51)48(35-16-14-13-15-31(33)35)40-21-28(17-18-46-40)42-32-22-37(54-8)36(53-7)20-29(32)19-30(26-49)34(42)27-50/h13-23,38-39,49-50H,24-27H2,1-12H3. The number of hydrogen-bond donors (Lipinski definition) is 2. The Morgan fingerprint density at radius 1 is 0.793 bits per heavy atom. The van der Waals surface area contributed by atoms with Crippen LogP contribution in [-0.2, 0) is 22.1 Å². The van der Waals surface area contributed by atoms with Gasteiger partial charge < -0.3 is 33.4 Å². The van der Waals surface area contributed by atoms with Crippen molar-refractivity contribution in [3.8, 4) is 28.4 Å². The average molecular weight is 826 g/mol. The number of hydrogen-bond acceptors (Lipinski definition) is 9. The molecule has 2 heterocycles. The molecule has 2 N–H and O–H groups in total. The maximum atomic E-state index is 15.1. The van der Waals surface area contributed by atoms with Crippen LogP contribution in [0.5, 0.6) is 11.5 Å². The van der Waals surface area contributed by atoms with Crippen molar-refractivity contribution in [2.75, 3.05) is 27.3 Å². The molecule has 0 aliphatic carbocycles. The van der Waals surface area contributed by atoms with Crippen LogP contribution < -0.4 is 15.0 Å². The smallest absolute Gasteiger partial charge is 0.257 e. The molecule has 58 heavy (non-hydrogen) atoms. The van der Waals surface area contributed by atoms with Crippen molar-refractivity contribution >= 4 is 45.7 Å². The molecule has 310 valence electrons. The summed E-state index contributed by atoms with van der Waals surface area (Å²) in [6.07, 6.45) is 1.11. The third kappa shape index (κ3) is 9.73. The van der Waals surface area contributed by atoms with E-state index in [-0.39, 0.29) is 47.7 Å². The Morgan fingerprint density at radius 3 is 1.91 bits per heavy atom. The second kappa shape index (κ2) is 18.3. The fourth-order valence-electron chi connectivity index (χ4n) is 7.23. The van der Waals surface area contributed by atoms with Gasteiger partial charge in [-0.25, -0.2) is 4.98 Å². The van der Waals surface area contributed by atoms with Crippen molar-refractivity contribution in [2.45, 2.75) is 93.2 Å². The van der Waals surface area contributed by atoms with Crippen LogP contribution >= 0.6 is 0 Å². The maximum Gasteiger partial charge on any atom is 0.257 e. The highest BCUT2D eigenvalue weighted by Crippen LogP contribution is 2.41. The fraction of sp³-hybridized carbons (Fsp3) is 0.444. The highest BCUT2D eigenvalue weighted by molar-refractivity contribution is 6.48. The summed E-state index contributed by atoms with van der Waals surface area (Å²) < 4.78 is 25.8. The zero-order chi connectivity index (χ0) is 42.7. The number of fused-ring (bicyclic) bond motifs is 2. The lowest BCUT2D eigenvalue weighted by molar-refractivity contribution is 0.0101. The molecular weight excluding hydrogens is 767 g/mol. The van der Waals surface area contributed by atoms with Crippen molar-refractivity contribution in [3.63, 3.8) is 0 Å². The van der Waals surface area contributed by atoms with Gasteiger partial charge >= 0.3 is 0 Å². The van der Waals surface area contributed by atoms with E-state index in [1.165, 1.54) is 10.6 Å². The number of pyridine rings is 2. The summed E-state index contributed by atoms with van der Waals surface area (Å²) in [6.45, 7) is 21.1. The SMILES string of the molecule is COc1cc2cc(CO)c(CO)c(-c3ccnc(-n4c(=O)cc(C(=O)N(CC(O[Si](C)C)C(C)(C)C)CC(O[Si](C)C)C(C)(C)C)c5ccccc54)c3)c2cc1OC. The molecule has 11 nitrogen and oxygen atoms in total. The maximum absolute atomic E-state index is 15.1. The van der Waals surface area contributed by atoms with Gasteiger partial charge in [-0.1, -0.05) is 59.7 Å². The van der Waals surface area contributed by atoms with Crippen molar-refractivity contribution in [2.24, 2.45) is 10.8 Å². The summed E-state index contributed by atoms with van der Waals surface area (Å²) >= 11 is 0. The minimum atomic E-state index is -1.12. The van der Waals surface area contributed by atoms with Crippen LogP contribution in [0.3, 0.4) is 0 Å². The molecule has 0 aliphatic heterocycles.